The minimum atomic E-state index is -3.50. The quantitative estimate of drug-likeness (QED) is 0.565. The molecule has 0 saturated heterocycles. The zero-order valence-electron chi connectivity index (χ0n) is 15.6. The lowest BCUT2D eigenvalue weighted by Crippen LogP contribution is -2.21. The molecule has 0 saturated carbocycles. The van der Waals surface area contributed by atoms with Crippen LogP contribution in [0.1, 0.15) is 19.5 Å². The second-order valence-corrected chi connectivity index (χ2v) is 7.09. The highest BCUT2D eigenvalue weighted by atomic mass is 35.5. The van der Waals surface area contributed by atoms with Gasteiger partial charge in [0.1, 0.15) is 11.4 Å². The highest BCUT2D eigenvalue weighted by molar-refractivity contribution is 6.42. The number of pyridine rings is 1. The van der Waals surface area contributed by atoms with E-state index in [-0.39, 0.29) is 33.2 Å². The van der Waals surface area contributed by atoms with Crippen LogP contribution in [0.2, 0.25) is 10.0 Å². The van der Waals surface area contributed by atoms with E-state index in [9.17, 15) is 18.4 Å². The van der Waals surface area contributed by atoms with Crippen molar-refractivity contribution in [3.8, 4) is 23.0 Å². The largest absolute Gasteiger partial charge is 0.449 e. The summed E-state index contributed by atoms with van der Waals surface area (Å²) in [5.74, 6) is -4.63. The Morgan fingerprint density at radius 3 is 2.50 bits per heavy atom. The number of halogens is 4. The number of rotatable bonds is 5. The van der Waals surface area contributed by atoms with Gasteiger partial charge in [-0.1, -0.05) is 23.2 Å². The summed E-state index contributed by atoms with van der Waals surface area (Å²) in [6.07, 6.45) is 1.31. The number of aromatic amines is 1. The molecular formula is C19H14Cl2F2N4O3. The van der Waals surface area contributed by atoms with Crippen molar-refractivity contribution in [2.24, 2.45) is 0 Å². The van der Waals surface area contributed by atoms with Crippen LogP contribution in [0.15, 0.2) is 41.3 Å². The molecule has 0 unspecified atom stereocenters. The highest BCUT2D eigenvalue weighted by Crippen LogP contribution is 2.35. The summed E-state index contributed by atoms with van der Waals surface area (Å²) in [6.45, 7) is 1.92. The summed E-state index contributed by atoms with van der Waals surface area (Å²) in [6, 6.07) is 6.98. The molecule has 2 aromatic heterocycles. The standard InChI is InChI=1S/C19H14Cl2F2N4O3/c1-9(28)25-10-3-6-14(24-8-10)17-26-16(19(2,22)23)15(18(29)27-17)30-11-4-5-12(20)13(21)7-11/h3-8H,1-2H3,(H,25,28)(H,26,27,29). The monoisotopic (exact) mass is 454 g/mol. The second-order valence-electron chi connectivity index (χ2n) is 6.27. The Hall–Kier alpha value is -3.04. The van der Waals surface area contributed by atoms with Gasteiger partial charge in [0.25, 0.3) is 11.5 Å². The maximum Gasteiger partial charge on any atom is 0.294 e. The van der Waals surface area contributed by atoms with Crippen molar-refractivity contribution < 1.29 is 18.3 Å². The first-order chi connectivity index (χ1) is 14.0. The number of aromatic nitrogens is 3. The van der Waals surface area contributed by atoms with Gasteiger partial charge in [0, 0.05) is 19.9 Å². The zero-order valence-corrected chi connectivity index (χ0v) is 17.1. The summed E-state index contributed by atoms with van der Waals surface area (Å²) >= 11 is 11.7. The predicted molar refractivity (Wildman–Crippen MR) is 108 cm³/mol. The van der Waals surface area contributed by atoms with Crippen LogP contribution >= 0.6 is 23.2 Å². The number of carbonyl (C=O) groups is 1. The van der Waals surface area contributed by atoms with Gasteiger partial charge in [-0.3, -0.25) is 14.6 Å². The third-order valence-corrected chi connectivity index (χ3v) is 4.47. The van der Waals surface area contributed by atoms with Gasteiger partial charge in [-0.25, -0.2) is 4.98 Å². The highest BCUT2D eigenvalue weighted by Gasteiger charge is 2.34. The van der Waals surface area contributed by atoms with Crippen LogP contribution in [0.4, 0.5) is 14.5 Å². The molecule has 7 nitrogen and oxygen atoms in total. The summed E-state index contributed by atoms with van der Waals surface area (Å²) in [5.41, 5.74) is -1.29. The first-order valence-corrected chi connectivity index (χ1v) is 9.19. The Labute approximate surface area is 179 Å². The summed E-state index contributed by atoms with van der Waals surface area (Å²) < 4.78 is 33.8. The van der Waals surface area contributed by atoms with E-state index >= 15 is 0 Å². The molecule has 0 aliphatic heterocycles. The molecule has 0 radical (unpaired) electrons. The van der Waals surface area contributed by atoms with Crippen molar-refractivity contribution in [3.63, 3.8) is 0 Å². The van der Waals surface area contributed by atoms with E-state index in [0.29, 0.717) is 12.6 Å². The number of anilines is 1. The maximum absolute atomic E-state index is 14.2. The number of alkyl halides is 2. The third kappa shape index (κ3) is 4.92. The number of benzene rings is 1. The van der Waals surface area contributed by atoms with Crippen LogP contribution in [0.25, 0.3) is 11.5 Å². The van der Waals surface area contributed by atoms with E-state index in [1.165, 1.54) is 43.5 Å². The molecule has 1 amide bonds. The molecule has 0 aliphatic carbocycles. The average Bonchev–Trinajstić information content (AvgIpc) is 2.65. The Kier molecular flexibility index (Phi) is 6.04. The maximum atomic E-state index is 14.2. The third-order valence-electron chi connectivity index (χ3n) is 3.73. The van der Waals surface area contributed by atoms with Crippen LogP contribution < -0.4 is 15.6 Å². The molecule has 0 spiro atoms. The normalized spacial score (nSPS) is 11.3. The topological polar surface area (TPSA) is 97.0 Å². The van der Waals surface area contributed by atoms with E-state index in [1.54, 1.807) is 0 Å². The van der Waals surface area contributed by atoms with E-state index in [0.717, 1.165) is 0 Å². The lowest BCUT2D eigenvalue weighted by molar-refractivity contribution is -0.114. The fourth-order valence-electron chi connectivity index (χ4n) is 2.45. The molecule has 30 heavy (non-hydrogen) atoms. The smallest absolute Gasteiger partial charge is 0.294 e. The van der Waals surface area contributed by atoms with E-state index in [4.69, 9.17) is 27.9 Å². The Morgan fingerprint density at radius 1 is 1.20 bits per heavy atom. The van der Waals surface area contributed by atoms with E-state index in [1.807, 2.05) is 0 Å². The molecule has 3 rings (SSSR count). The van der Waals surface area contributed by atoms with Gasteiger partial charge in [0.15, 0.2) is 11.5 Å². The molecule has 0 aliphatic rings. The fourth-order valence-corrected chi connectivity index (χ4v) is 2.73. The van der Waals surface area contributed by atoms with E-state index < -0.39 is 22.9 Å². The molecule has 2 N–H and O–H groups in total. The van der Waals surface area contributed by atoms with E-state index in [2.05, 4.69) is 20.3 Å². The number of carbonyl (C=O) groups excluding carboxylic acids is 1. The van der Waals surface area contributed by atoms with Crippen LogP contribution in [0.5, 0.6) is 11.5 Å². The van der Waals surface area contributed by atoms with Crippen molar-refractivity contribution in [2.75, 3.05) is 5.32 Å². The molecule has 0 atom stereocenters. The Balaban J connectivity index is 2.04. The van der Waals surface area contributed by atoms with Crippen LogP contribution in [-0.4, -0.2) is 20.9 Å². The Morgan fingerprint density at radius 2 is 1.93 bits per heavy atom. The first kappa shape index (κ1) is 21.7. The Bertz CT molecular complexity index is 1160. The molecule has 0 fully saturated rings. The summed E-state index contributed by atoms with van der Waals surface area (Å²) in [7, 11) is 0. The minimum absolute atomic E-state index is 0.0349. The van der Waals surface area contributed by atoms with Gasteiger partial charge in [-0.15, -0.1) is 0 Å². The van der Waals surface area contributed by atoms with Crippen LogP contribution in [-0.2, 0) is 10.7 Å². The van der Waals surface area contributed by atoms with Gasteiger partial charge in [-0.05, 0) is 24.3 Å². The SMILES string of the molecule is CC(=O)Nc1ccc(-c2nc(C(C)(F)F)c(Oc3ccc(Cl)c(Cl)c3)c(=O)[nH]2)nc1. The number of H-pyrrole nitrogens is 1. The number of nitrogens with one attached hydrogen (secondary N) is 2. The van der Waals surface area contributed by atoms with Crippen molar-refractivity contribution in [2.45, 2.75) is 19.8 Å². The summed E-state index contributed by atoms with van der Waals surface area (Å²) in [5, 5.41) is 2.89. The van der Waals surface area contributed by atoms with Crippen molar-refractivity contribution in [3.05, 3.63) is 62.6 Å². The molecule has 1 aromatic carbocycles. The zero-order chi connectivity index (χ0) is 22.1. The number of nitrogens with zero attached hydrogens (tertiary/aromatic N) is 2. The molecule has 3 aromatic rings. The van der Waals surface area contributed by atoms with Crippen molar-refractivity contribution >= 4 is 34.8 Å². The summed E-state index contributed by atoms with van der Waals surface area (Å²) in [4.78, 5) is 33.9. The fraction of sp³-hybridized carbons (Fsp3) is 0.158. The number of amides is 1. The first-order valence-electron chi connectivity index (χ1n) is 8.44. The lowest BCUT2D eigenvalue weighted by atomic mass is 10.2. The van der Waals surface area contributed by atoms with Crippen LogP contribution in [0.3, 0.4) is 0 Å². The van der Waals surface area contributed by atoms with Gasteiger partial charge in [-0.2, -0.15) is 8.78 Å². The van der Waals surface area contributed by atoms with Crippen LogP contribution in [0, 0.1) is 0 Å². The second kappa shape index (κ2) is 8.37. The average molecular weight is 455 g/mol. The molecular weight excluding hydrogens is 441 g/mol. The van der Waals surface area contributed by atoms with Crippen molar-refractivity contribution in [1.82, 2.24) is 15.0 Å². The molecule has 0 bridgehead atoms. The molecule has 156 valence electrons. The van der Waals surface area contributed by atoms with Gasteiger partial charge < -0.3 is 15.0 Å². The number of hydrogen-bond acceptors (Lipinski definition) is 5. The van der Waals surface area contributed by atoms with Gasteiger partial charge >= 0.3 is 0 Å². The van der Waals surface area contributed by atoms with Gasteiger partial charge in [0.05, 0.1) is 21.9 Å². The van der Waals surface area contributed by atoms with Crippen molar-refractivity contribution in [1.29, 1.82) is 0 Å². The molecule has 11 heteroatoms. The predicted octanol–water partition coefficient (Wildman–Crippen LogP) is 5.00. The number of hydrogen-bond donors (Lipinski definition) is 2. The lowest BCUT2D eigenvalue weighted by Gasteiger charge is -2.16. The number of ether oxygens (including phenoxy) is 1. The van der Waals surface area contributed by atoms with Gasteiger partial charge in [0.2, 0.25) is 11.7 Å². The minimum Gasteiger partial charge on any atom is -0.449 e. The molecule has 2 heterocycles.